The van der Waals surface area contributed by atoms with Gasteiger partial charge < -0.3 is 20.5 Å². The maximum absolute atomic E-state index is 9.37. The lowest BCUT2D eigenvalue weighted by Crippen LogP contribution is -2.14. The van der Waals surface area contributed by atoms with Crippen LogP contribution in [0, 0.1) is 0 Å². The first-order valence-electron chi connectivity index (χ1n) is 5.56. The minimum atomic E-state index is -0.815. The van der Waals surface area contributed by atoms with Crippen molar-refractivity contribution in [1.29, 1.82) is 0 Å². The first kappa shape index (κ1) is 12.5. The van der Waals surface area contributed by atoms with E-state index in [0.29, 0.717) is 23.6 Å². The number of aromatic amines is 1. The fraction of sp³-hybridized carbons (Fsp3) is 0.364. The quantitative estimate of drug-likeness (QED) is 0.558. The summed E-state index contributed by atoms with van der Waals surface area (Å²) in [6.07, 6.45) is 3.97. The van der Waals surface area contributed by atoms with Crippen LogP contribution in [-0.2, 0) is 0 Å². The van der Waals surface area contributed by atoms with E-state index in [1.807, 2.05) is 0 Å². The van der Waals surface area contributed by atoms with Gasteiger partial charge in [-0.1, -0.05) is 6.08 Å². The second kappa shape index (κ2) is 5.56. The number of fused-ring (bicyclic) bond motifs is 1. The molecule has 0 fully saturated rings. The number of nitrogens with one attached hydrogen (secondary N) is 2. The molecule has 2 aromatic heterocycles. The van der Waals surface area contributed by atoms with Gasteiger partial charge in [0.1, 0.15) is 11.8 Å². The fourth-order valence-electron chi connectivity index (χ4n) is 1.49. The Balaban J connectivity index is 2.04. The molecule has 0 aromatic carbocycles. The molecular weight excluding hydrogens is 234 g/mol. The Hall–Kier alpha value is -1.99. The van der Waals surface area contributed by atoms with Gasteiger partial charge in [0, 0.05) is 6.54 Å². The highest BCUT2D eigenvalue weighted by Crippen LogP contribution is 2.14. The molecular formula is C11H15N5O2. The van der Waals surface area contributed by atoms with E-state index >= 15 is 0 Å². The van der Waals surface area contributed by atoms with Crippen LogP contribution < -0.4 is 5.32 Å². The van der Waals surface area contributed by atoms with Gasteiger partial charge in [-0.15, -0.1) is 0 Å². The Morgan fingerprint density at radius 2 is 2.33 bits per heavy atom. The SMILES string of the molecule is CC(=CCNc1ncnc2nc[nH]c12)C(O)CO. The monoisotopic (exact) mass is 249 g/mol. The zero-order valence-corrected chi connectivity index (χ0v) is 9.96. The number of rotatable bonds is 5. The lowest BCUT2D eigenvalue weighted by molar-refractivity contribution is 0.122. The maximum atomic E-state index is 9.37. The Labute approximate surface area is 104 Å². The Kier molecular flexibility index (Phi) is 3.85. The van der Waals surface area contributed by atoms with Crippen molar-refractivity contribution >= 4 is 17.0 Å². The molecule has 0 aliphatic carbocycles. The normalized spacial score (nSPS) is 13.8. The summed E-state index contributed by atoms with van der Waals surface area (Å²) in [5, 5.41) is 21.3. The molecule has 7 nitrogen and oxygen atoms in total. The maximum Gasteiger partial charge on any atom is 0.182 e. The summed E-state index contributed by atoms with van der Waals surface area (Å²) in [5.41, 5.74) is 2.05. The molecule has 0 spiro atoms. The van der Waals surface area contributed by atoms with Crippen LogP contribution in [0.4, 0.5) is 5.82 Å². The van der Waals surface area contributed by atoms with Crippen molar-refractivity contribution in [2.75, 3.05) is 18.5 Å². The third kappa shape index (κ3) is 2.63. The van der Waals surface area contributed by atoms with E-state index in [1.165, 1.54) is 6.33 Å². The van der Waals surface area contributed by atoms with Crippen molar-refractivity contribution in [3.05, 3.63) is 24.3 Å². The van der Waals surface area contributed by atoms with E-state index in [0.717, 1.165) is 5.52 Å². The number of aromatic nitrogens is 4. The predicted molar refractivity (Wildman–Crippen MR) is 67.0 cm³/mol. The van der Waals surface area contributed by atoms with Gasteiger partial charge in [0.25, 0.3) is 0 Å². The summed E-state index contributed by atoms with van der Waals surface area (Å²) in [4.78, 5) is 15.1. The van der Waals surface area contributed by atoms with E-state index in [9.17, 15) is 5.11 Å². The number of imidazole rings is 1. The Morgan fingerprint density at radius 1 is 1.50 bits per heavy atom. The molecule has 0 saturated heterocycles. The summed E-state index contributed by atoms with van der Waals surface area (Å²) in [7, 11) is 0. The van der Waals surface area contributed by atoms with Gasteiger partial charge in [0.05, 0.1) is 19.0 Å². The molecule has 2 aromatic rings. The molecule has 1 atom stereocenters. The van der Waals surface area contributed by atoms with Crippen molar-refractivity contribution in [2.45, 2.75) is 13.0 Å². The highest BCUT2D eigenvalue weighted by atomic mass is 16.3. The molecule has 0 radical (unpaired) electrons. The molecule has 96 valence electrons. The van der Waals surface area contributed by atoms with Gasteiger partial charge in [0.15, 0.2) is 11.5 Å². The standard InChI is InChI=1S/C11H15N5O2/c1-7(8(18)4-17)2-3-12-10-9-11(14-5-13-9)16-6-15-10/h2,5-6,8,17-18H,3-4H2,1H3,(H2,12,13,14,15,16). The largest absolute Gasteiger partial charge is 0.393 e. The third-order valence-corrected chi connectivity index (χ3v) is 2.62. The molecule has 2 rings (SSSR count). The summed E-state index contributed by atoms with van der Waals surface area (Å²) in [6, 6.07) is 0. The molecule has 18 heavy (non-hydrogen) atoms. The number of hydrogen-bond acceptors (Lipinski definition) is 6. The van der Waals surface area contributed by atoms with Crippen LogP contribution in [0.15, 0.2) is 24.3 Å². The Bertz CT molecular complexity index is 551. The van der Waals surface area contributed by atoms with Crippen molar-refractivity contribution < 1.29 is 10.2 Å². The molecule has 4 N–H and O–H groups in total. The number of aliphatic hydroxyl groups excluding tert-OH is 2. The molecule has 2 heterocycles. The van der Waals surface area contributed by atoms with Crippen molar-refractivity contribution in [3.8, 4) is 0 Å². The van der Waals surface area contributed by atoms with Gasteiger partial charge in [-0.3, -0.25) is 0 Å². The van der Waals surface area contributed by atoms with Gasteiger partial charge in [-0.2, -0.15) is 0 Å². The number of hydrogen-bond donors (Lipinski definition) is 4. The first-order valence-corrected chi connectivity index (χ1v) is 5.56. The summed E-state index contributed by atoms with van der Waals surface area (Å²) >= 11 is 0. The fourth-order valence-corrected chi connectivity index (χ4v) is 1.49. The van der Waals surface area contributed by atoms with Gasteiger partial charge >= 0.3 is 0 Å². The van der Waals surface area contributed by atoms with Crippen LogP contribution >= 0.6 is 0 Å². The second-order valence-corrected chi connectivity index (χ2v) is 3.85. The Morgan fingerprint density at radius 3 is 3.11 bits per heavy atom. The van der Waals surface area contributed by atoms with Crippen LogP contribution in [0.5, 0.6) is 0 Å². The van der Waals surface area contributed by atoms with Gasteiger partial charge in [-0.25, -0.2) is 15.0 Å². The second-order valence-electron chi connectivity index (χ2n) is 3.85. The minimum absolute atomic E-state index is 0.277. The summed E-state index contributed by atoms with van der Waals surface area (Å²) < 4.78 is 0. The topological polar surface area (TPSA) is 107 Å². The average Bonchev–Trinajstić information content (AvgIpc) is 2.86. The molecule has 1 unspecified atom stereocenters. The van der Waals surface area contributed by atoms with Crippen LogP contribution in [0.3, 0.4) is 0 Å². The first-order chi connectivity index (χ1) is 8.72. The van der Waals surface area contributed by atoms with Gasteiger partial charge in [-0.05, 0) is 12.5 Å². The van der Waals surface area contributed by atoms with Gasteiger partial charge in [0.2, 0.25) is 0 Å². The van der Waals surface area contributed by atoms with Crippen LogP contribution in [0.2, 0.25) is 0 Å². The number of H-pyrrole nitrogens is 1. The lowest BCUT2D eigenvalue weighted by Gasteiger charge is -2.08. The summed E-state index contributed by atoms with van der Waals surface area (Å²) in [5.74, 6) is 0.653. The van der Waals surface area contributed by atoms with Crippen molar-refractivity contribution in [2.24, 2.45) is 0 Å². The zero-order valence-electron chi connectivity index (χ0n) is 9.96. The molecule has 0 amide bonds. The van der Waals surface area contributed by atoms with E-state index in [1.54, 1.807) is 19.3 Å². The van der Waals surface area contributed by atoms with Crippen molar-refractivity contribution in [1.82, 2.24) is 19.9 Å². The predicted octanol–water partition coefficient (Wildman–Crippen LogP) is 0.0643. The molecule has 0 saturated carbocycles. The lowest BCUT2D eigenvalue weighted by atomic mass is 10.2. The minimum Gasteiger partial charge on any atom is -0.393 e. The average molecular weight is 249 g/mol. The highest BCUT2D eigenvalue weighted by Gasteiger charge is 2.05. The van der Waals surface area contributed by atoms with E-state index in [-0.39, 0.29) is 6.61 Å². The molecule has 0 aliphatic rings. The highest BCUT2D eigenvalue weighted by molar-refractivity contribution is 5.81. The zero-order chi connectivity index (χ0) is 13.0. The van der Waals surface area contributed by atoms with E-state index < -0.39 is 6.10 Å². The van der Waals surface area contributed by atoms with E-state index in [2.05, 4.69) is 25.3 Å². The van der Waals surface area contributed by atoms with Crippen molar-refractivity contribution in [3.63, 3.8) is 0 Å². The number of aliphatic hydroxyl groups is 2. The summed E-state index contributed by atoms with van der Waals surface area (Å²) in [6.45, 7) is 1.98. The molecule has 0 aliphatic heterocycles. The van der Waals surface area contributed by atoms with Crippen LogP contribution in [0.1, 0.15) is 6.92 Å². The van der Waals surface area contributed by atoms with Crippen LogP contribution in [0.25, 0.3) is 11.2 Å². The van der Waals surface area contributed by atoms with Crippen LogP contribution in [-0.4, -0.2) is 49.4 Å². The molecule has 7 heteroatoms. The van der Waals surface area contributed by atoms with E-state index in [4.69, 9.17) is 5.11 Å². The smallest absolute Gasteiger partial charge is 0.182 e. The third-order valence-electron chi connectivity index (χ3n) is 2.62. The number of anilines is 1. The molecule has 0 bridgehead atoms. The number of nitrogens with zero attached hydrogens (tertiary/aromatic N) is 3.